The van der Waals surface area contributed by atoms with Crippen molar-refractivity contribution in [3.63, 3.8) is 0 Å². The number of hydrogen-bond acceptors (Lipinski definition) is 22. The highest BCUT2D eigenvalue weighted by atomic mass is 19.4. The van der Waals surface area contributed by atoms with E-state index in [-0.39, 0.29) is 11.8 Å². The van der Waals surface area contributed by atoms with Crippen molar-refractivity contribution in [1.82, 2.24) is 0 Å². The van der Waals surface area contributed by atoms with Crippen molar-refractivity contribution in [3.05, 3.63) is 59.2 Å². The lowest BCUT2D eigenvalue weighted by Crippen LogP contribution is -2.17. The molecule has 0 fully saturated rings. The molecular formula is C21H22F6O23. The molecule has 0 atom stereocenters. The summed E-state index contributed by atoms with van der Waals surface area (Å²) >= 11 is 0. The van der Waals surface area contributed by atoms with Crippen molar-refractivity contribution in [2.75, 3.05) is 0 Å². The van der Waals surface area contributed by atoms with Crippen LogP contribution in [-0.4, -0.2) is 50.8 Å². The Morgan fingerprint density at radius 3 is 1.28 bits per heavy atom. The lowest BCUT2D eigenvalue weighted by atomic mass is 10.2. The SMILES string of the molecule is CC=C(C)C.O=C(O)c1cc(OC(F)(F)F)ccc1O.O=Cc1cc(OC(F)(F)F)ccc1O.OOOOOOOOOOOOOOOO. The Morgan fingerprint density at radius 1 is 0.640 bits per heavy atom. The zero-order valence-corrected chi connectivity index (χ0v) is 24.5. The van der Waals surface area contributed by atoms with E-state index in [9.17, 15) is 35.9 Å². The molecule has 2 aromatic rings. The number of phenols is 2. The molecule has 0 spiro atoms. The number of aldehydes is 1. The van der Waals surface area contributed by atoms with Crippen LogP contribution < -0.4 is 9.47 Å². The highest BCUT2D eigenvalue weighted by Gasteiger charge is 2.32. The van der Waals surface area contributed by atoms with Crippen molar-refractivity contribution in [2.45, 2.75) is 33.5 Å². The summed E-state index contributed by atoms with van der Waals surface area (Å²) in [4.78, 5) is 20.7. The third-order valence-corrected chi connectivity index (χ3v) is 3.74. The van der Waals surface area contributed by atoms with Crippen LogP contribution in [0.4, 0.5) is 26.3 Å². The molecule has 0 aliphatic heterocycles. The number of ether oxygens (including phenoxy) is 2. The van der Waals surface area contributed by atoms with E-state index < -0.39 is 47.3 Å². The summed E-state index contributed by atoms with van der Waals surface area (Å²) in [6.45, 7) is 6.20. The molecule has 0 saturated carbocycles. The van der Waals surface area contributed by atoms with Gasteiger partial charge < -0.3 is 24.8 Å². The largest absolute Gasteiger partial charge is 0.573 e. The van der Waals surface area contributed by atoms with Crippen molar-refractivity contribution in [3.8, 4) is 23.0 Å². The van der Waals surface area contributed by atoms with E-state index in [0.29, 0.717) is 6.07 Å². The van der Waals surface area contributed by atoms with Crippen molar-refractivity contribution in [2.24, 2.45) is 0 Å². The first-order valence-corrected chi connectivity index (χ1v) is 11.5. The number of rotatable bonds is 17. The minimum Gasteiger partial charge on any atom is -0.507 e. The number of aromatic carboxylic acids is 1. The molecule has 0 saturated heterocycles. The summed E-state index contributed by atoms with van der Waals surface area (Å²) < 4.78 is 77.3. The standard InChI is InChI=1S/C8H5F3O4.C8H5F3O3.C5H10.H2O16/c9-8(10,11)15-4-1-2-6(12)5(3-4)7(13)14;9-8(10,11)14-6-1-2-7(13)5(3-6)4-12;1-4-5(2)3;1-3-5-7-9-11-13-15-16-14-12-10-8-6-4-2/h1-3,12H,(H,13,14);1-4,13H;4H,1-3H3;1-2H. The van der Waals surface area contributed by atoms with Gasteiger partial charge in [-0.25, -0.2) is 15.3 Å². The van der Waals surface area contributed by atoms with E-state index in [4.69, 9.17) is 25.8 Å². The normalized spacial score (nSPS) is 10.6. The van der Waals surface area contributed by atoms with Gasteiger partial charge in [0.15, 0.2) is 6.29 Å². The van der Waals surface area contributed by atoms with Crippen LogP contribution in [0.1, 0.15) is 41.5 Å². The fraction of sp³-hybridized carbons (Fsp3) is 0.238. The Morgan fingerprint density at radius 2 is 0.980 bits per heavy atom. The topological polar surface area (TPSA) is 283 Å². The summed E-state index contributed by atoms with van der Waals surface area (Å²) in [6.07, 6.45) is -7.39. The van der Waals surface area contributed by atoms with Crippen molar-refractivity contribution >= 4 is 12.3 Å². The monoisotopic (exact) mass is 756 g/mol. The average molecular weight is 756 g/mol. The quantitative estimate of drug-likeness (QED) is 0.0349. The Bertz CT molecular complexity index is 1230. The van der Waals surface area contributed by atoms with E-state index in [1.165, 1.54) is 5.57 Å². The van der Waals surface area contributed by atoms with Gasteiger partial charge in [0.2, 0.25) is 0 Å². The molecule has 2 aromatic carbocycles. The number of benzene rings is 2. The van der Waals surface area contributed by atoms with Gasteiger partial charge in [0, 0.05) is 0 Å². The second-order valence-electron chi connectivity index (χ2n) is 7.25. The minimum absolute atomic E-state index is 0.235. The van der Waals surface area contributed by atoms with Crippen LogP contribution >= 0.6 is 0 Å². The zero-order chi connectivity index (χ0) is 38.6. The maximum atomic E-state index is 11.7. The molecule has 0 heterocycles. The van der Waals surface area contributed by atoms with Crippen LogP contribution in [0.5, 0.6) is 23.0 Å². The number of halogens is 6. The first-order valence-electron chi connectivity index (χ1n) is 11.5. The van der Waals surface area contributed by atoms with E-state index in [0.717, 1.165) is 30.3 Å². The van der Waals surface area contributed by atoms with Crippen LogP contribution in [0.2, 0.25) is 0 Å². The van der Waals surface area contributed by atoms with E-state index in [1.54, 1.807) is 0 Å². The molecule has 0 aliphatic carbocycles. The molecule has 0 bridgehead atoms. The molecule has 50 heavy (non-hydrogen) atoms. The van der Waals surface area contributed by atoms with Crippen LogP contribution in [-0.2, 0) is 70.5 Å². The average Bonchev–Trinajstić information content (AvgIpc) is 3.03. The number of carbonyl (C=O) groups is 2. The molecule has 29 heteroatoms. The number of carboxylic acids is 1. The van der Waals surface area contributed by atoms with Crippen LogP contribution in [0.25, 0.3) is 0 Å². The predicted molar refractivity (Wildman–Crippen MR) is 127 cm³/mol. The van der Waals surface area contributed by atoms with E-state index in [1.807, 2.05) is 6.92 Å². The fourth-order valence-corrected chi connectivity index (χ4v) is 1.85. The smallest absolute Gasteiger partial charge is 0.507 e. The van der Waals surface area contributed by atoms with Crippen molar-refractivity contribution < 1.29 is 142 Å². The Kier molecular flexibility index (Phi) is 26.0. The Balaban J connectivity index is 0. The third kappa shape index (κ3) is 28.5. The molecule has 0 unspecified atom stereocenters. The Hall–Kier alpha value is -4.54. The molecule has 0 amide bonds. The number of phenolic OH excluding ortho intramolecular Hbond substituents is 1. The highest BCUT2D eigenvalue weighted by Crippen LogP contribution is 2.28. The van der Waals surface area contributed by atoms with Gasteiger partial charge in [-0.3, -0.25) is 4.79 Å². The lowest BCUT2D eigenvalue weighted by Gasteiger charge is -2.09. The molecule has 0 radical (unpaired) electrons. The first kappa shape index (κ1) is 47.6. The van der Waals surface area contributed by atoms with E-state index >= 15 is 0 Å². The van der Waals surface area contributed by atoms with Gasteiger partial charge in [0.05, 0.1) is 5.56 Å². The van der Waals surface area contributed by atoms with Gasteiger partial charge in [-0.05, 0) is 128 Å². The van der Waals surface area contributed by atoms with Crippen LogP contribution in [0.3, 0.4) is 0 Å². The number of allylic oxidation sites excluding steroid dienone is 2. The number of alkyl halides is 6. The fourth-order valence-electron chi connectivity index (χ4n) is 1.85. The molecule has 23 nitrogen and oxygen atoms in total. The van der Waals surface area contributed by atoms with E-state index in [2.05, 4.69) is 99.9 Å². The summed E-state index contributed by atoms with van der Waals surface area (Å²) in [6, 6.07) is 4.88. The first-order chi connectivity index (χ1) is 23.4. The predicted octanol–water partition coefficient (Wildman–Crippen LogP) is 5.12. The van der Waals surface area contributed by atoms with Gasteiger partial charge in [-0.15, -0.1) is 26.3 Å². The number of carboxylic acid groups (broad SMARTS) is 1. The van der Waals surface area contributed by atoms with Crippen molar-refractivity contribution in [1.29, 1.82) is 0 Å². The summed E-state index contributed by atoms with van der Waals surface area (Å²) in [5.74, 6) is -3.80. The third-order valence-electron chi connectivity index (χ3n) is 3.74. The molecular weight excluding hydrogens is 734 g/mol. The van der Waals surface area contributed by atoms with Crippen LogP contribution in [0.15, 0.2) is 48.0 Å². The maximum Gasteiger partial charge on any atom is 0.573 e. The number of hydrogen-bond donors (Lipinski definition) is 5. The summed E-state index contributed by atoms with van der Waals surface area (Å²) in [5, 5.41) is 87.4. The van der Waals surface area contributed by atoms with Gasteiger partial charge in [0.25, 0.3) is 0 Å². The number of carbonyl (C=O) groups excluding carboxylic acids is 1. The zero-order valence-electron chi connectivity index (χ0n) is 24.5. The van der Waals surface area contributed by atoms with Gasteiger partial charge in [-0.2, -0.15) is 0 Å². The van der Waals surface area contributed by atoms with Crippen LogP contribution in [0, 0.1) is 0 Å². The molecule has 0 aromatic heterocycles. The highest BCUT2D eigenvalue weighted by molar-refractivity contribution is 5.91. The van der Waals surface area contributed by atoms with Gasteiger partial charge in [0.1, 0.15) is 28.6 Å². The Labute approximate surface area is 270 Å². The van der Waals surface area contributed by atoms with Gasteiger partial charge in [-0.1, -0.05) is 11.6 Å². The number of aromatic hydroxyl groups is 2. The summed E-state index contributed by atoms with van der Waals surface area (Å²) in [5.41, 5.74) is 0.466. The lowest BCUT2D eigenvalue weighted by molar-refractivity contribution is -0.883. The molecule has 0 aliphatic rings. The second-order valence-corrected chi connectivity index (χ2v) is 7.25. The van der Waals surface area contributed by atoms with Gasteiger partial charge >= 0.3 is 18.7 Å². The second kappa shape index (κ2) is 27.3. The summed E-state index contributed by atoms with van der Waals surface area (Å²) in [7, 11) is 0. The molecule has 286 valence electrons. The minimum atomic E-state index is -4.90. The maximum absolute atomic E-state index is 11.7. The molecule has 5 N–H and O–H groups in total. The molecule has 2 rings (SSSR count).